The molecule has 0 atom stereocenters. The molecule has 2 aromatic rings. The van der Waals surface area contributed by atoms with Crippen LogP contribution in [-0.4, -0.2) is 12.5 Å². The molecule has 1 N–H and O–H groups in total. The van der Waals surface area contributed by atoms with Crippen molar-refractivity contribution >= 4 is 29.3 Å². The number of nitriles is 1. The minimum Gasteiger partial charge on any atom is -0.493 e. The molecule has 0 bridgehead atoms. The lowest BCUT2D eigenvalue weighted by molar-refractivity contribution is -0.112. The molecule has 0 aliphatic rings. The maximum absolute atomic E-state index is 12.4. The van der Waals surface area contributed by atoms with E-state index >= 15 is 0 Å². The van der Waals surface area contributed by atoms with E-state index in [0.717, 1.165) is 12.0 Å². The molecule has 0 heterocycles. The molecule has 0 aliphatic heterocycles. The van der Waals surface area contributed by atoms with Gasteiger partial charge in [-0.25, -0.2) is 0 Å². The van der Waals surface area contributed by atoms with Gasteiger partial charge in [0.1, 0.15) is 17.4 Å². The Morgan fingerprint density at radius 3 is 2.76 bits per heavy atom. The van der Waals surface area contributed by atoms with E-state index in [4.69, 9.17) is 16.3 Å². The Morgan fingerprint density at radius 2 is 2.08 bits per heavy atom. The molecule has 0 aliphatic carbocycles. The third-order valence-corrected chi connectivity index (χ3v) is 3.73. The Hall–Kier alpha value is -2.77. The first-order chi connectivity index (χ1) is 12.0. The second kappa shape index (κ2) is 8.91. The van der Waals surface area contributed by atoms with Crippen molar-refractivity contribution in [1.82, 2.24) is 0 Å². The molecule has 0 fully saturated rings. The maximum atomic E-state index is 12.4. The van der Waals surface area contributed by atoms with Crippen molar-refractivity contribution in [2.45, 2.75) is 20.3 Å². The molecule has 5 heteroatoms. The summed E-state index contributed by atoms with van der Waals surface area (Å²) in [5.41, 5.74) is 2.16. The molecule has 2 rings (SSSR count). The number of halogens is 1. The third-order valence-electron chi connectivity index (χ3n) is 3.49. The van der Waals surface area contributed by atoms with E-state index in [9.17, 15) is 10.1 Å². The fourth-order valence-electron chi connectivity index (χ4n) is 2.18. The molecule has 0 unspecified atom stereocenters. The Bertz CT molecular complexity index is 838. The van der Waals surface area contributed by atoms with E-state index < -0.39 is 5.91 Å². The lowest BCUT2D eigenvalue weighted by atomic mass is 10.1. The average Bonchev–Trinajstić information content (AvgIpc) is 2.60. The molecule has 0 spiro atoms. The van der Waals surface area contributed by atoms with Crippen LogP contribution >= 0.6 is 11.6 Å². The largest absolute Gasteiger partial charge is 0.493 e. The summed E-state index contributed by atoms with van der Waals surface area (Å²) in [6, 6.07) is 14.4. The van der Waals surface area contributed by atoms with Crippen LogP contribution in [0.3, 0.4) is 0 Å². The summed E-state index contributed by atoms with van der Waals surface area (Å²) in [5, 5.41) is 12.6. The molecule has 0 saturated heterocycles. The van der Waals surface area contributed by atoms with Crippen LogP contribution < -0.4 is 10.1 Å². The van der Waals surface area contributed by atoms with Crippen LogP contribution in [0.5, 0.6) is 5.75 Å². The highest BCUT2D eigenvalue weighted by molar-refractivity contribution is 6.30. The van der Waals surface area contributed by atoms with Crippen LogP contribution in [0, 0.1) is 18.3 Å². The summed E-state index contributed by atoms with van der Waals surface area (Å²) in [6.07, 6.45) is 2.34. The predicted molar refractivity (Wildman–Crippen MR) is 101 cm³/mol. The molecule has 1 amide bonds. The smallest absolute Gasteiger partial charge is 0.266 e. The van der Waals surface area contributed by atoms with Gasteiger partial charge in [0, 0.05) is 16.3 Å². The third kappa shape index (κ3) is 5.10. The van der Waals surface area contributed by atoms with E-state index in [1.807, 2.05) is 38.1 Å². The lowest BCUT2D eigenvalue weighted by Crippen LogP contribution is -2.14. The van der Waals surface area contributed by atoms with E-state index in [-0.39, 0.29) is 5.57 Å². The second-order valence-electron chi connectivity index (χ2n) is 5.47. The van der Waals surface area contributed by atoms with Crippen LogP contribution in [0.1, 0.15) is 24.5 Å². The minimum atomic E-state index is -0.474. The van der Waals surface area contributed by atoms with E-state index in [1.54, 1.807) is 24.3 Å². The van der Waals surface area contributed by atoms with Crippen molar-refractivity contribution in [1.29, 1.82) is 5.26 Å². The van der Waals surface area contributed by atoms with Gasteiger partial charge in [0.05, 0.1) is 6.61 Å². The number of hydrogen-bond donors (Lipinski definition) is 1. The Labute approximate surface area is 152 Å². The quantitative estimate of drug-likeness (QED) is 0.587. The molecule has 4 nitrogen and oxygen atoms in total. The van der Waals surface area contributed by atoms with Crippen molar-refractivity contribution in [3.63, 3.8) is 0 Å². The zero-order valence-corrected chi connectivity index (χ0v) is 14.9. The van der Waals surface area contributed by atoms with Gasteiger partial charge in [-0.2, -0.15) is 5.26 Å². The van der Waals surface area contributed by atoms with Gasteiger partial charge in [-0.3, -0.25) is 4.79 Å². The molecule has 128 valence electrons. The first-order valence-corrected chi connectivity index (χ1v) is 8.34. The first-order valence-electron chi connectivity index (χ1n) is 7.96. The Kier molecular flexibility index (Phi) is 6.62. The zero-order chi connectivity index (χ0) is 18.2. The van der Waals surface area contributed by atoms with E-state index in [0.29, 0.717) is 28.6 Å². The van der Waals surface area contributed by atoms with Crippen LogP contribution in [-0.2, 0) is 4.79 Å². The Balaban J connectivity index is 2.31. The summed E-state index contributed by atoms with van der Waals surface area (Å²) in [4.78, 5) is 12.4. The van der Waals surface area contributed by atoms with Crippen molar-refractivity contribution in [2.75, 3.05) is 11.9 Å². The first kappa shape index (κ1) is 18.6. The number of aryl methyl sites for hydroxylation is 1. The second-order valence-corrected chi connectivity index (χ2v) is 5.91. The van der Waals surface area contributed by atoms with Crippen molar-refractivity contribution in [3.8, 4) is 11.8 Å². The average molecular weight is 355 g/mol. The SMILES string of the molecule is CCCOc1ccc(Cl)cc1/C=C(\C#N)C(=O)Nc1ccccc1C. The highest BCUT2D eigenvalue weighted by atomic mass is 35.5. The number of rotatable bonds is 6. The van der Waals surface area contributed by atoms with Gasteiger partial charge in [0.15, 0.2) is 0 Å². The zero-order valence-electron chi connectivity index (χ0n) is 14.2. The van der Waals surface area contributed by atoms with Crippen molar-refractivity contribution < 1.29 is 9.53 Å². The number of para-hydroxylation sites is 1. The highest BCUT2D eigenvalue weighted by Crippen LogP contribution is 2.26. The topological polar surface area (TPSA) is 62.1 Å². The number of hydrogen-bond acceptors (Lipinski definition) is 3. The summed E-state index contributed by atoms with van der Waals surface area (Å²) in [6.45, 7) is 4.43. The lowest BCUT2D eigenvalue weighted by Gasteiger charge is -2.10. The normalized spacial score (nSPS) is 10.9. The monoisotopic (exact) mass is 354 g/mol. The van der Waals surface area contributed by atoms with E-state index in [2.05, 4.69) is 5.32 Å². The van der Waals surface area contributed by atoms with Gasteiger partial charge >= 0.3 is 0 Å². The molecule has 2 aromatic carbocycles. The molecule has 25 heavy (non-hydrogen) atoms. The molecular weight excluding hydrogens is 336 g/mol. The predicted octanol–water partition coefficient (Wildman–Crippen LogP) is 4.98. The van der Waals surface area contributed by atoms with Gasteiger partial charge in [-0.1, -0.05) is 36.7 Å². The summed E-state index contributed by atoms with van der Waals surface area (Å²) in [5.74, 6) is 0.112. The number of anilines is 1. The summed E-state index contributed by atoms with van der Waals surface area (Å²) in [7, 11) is 0. The number of ether oxygens (including phenoxy) is 1. The number of carbonyl (C=O) groups is 1. The van der Waals surface area contributed by atoms with Crippen LogP contribution in [0.25, 0.3) is 6.08 Å². The number of benzene rings is 2. The fraction of sp³-hybridized carbons (Fsp3) is 0.200. The fourth-order valence-corrected chi connectivity index (χ4v) is 2.36. The molecular formula is C20H19ClN2O2. The summed E-state index contributed by atoms with van der Waals surface area (Å²) >= 11 is 6.04. The van der Waals surface area contributed by atoms with E-state index in [1.165, 1.54) is 6.08 Å². The minimum absolute atomic E-state index is 0.0214. The standard InChI is InChI=1S/C20H19ClN2O2/c1-3-10-25-19-9-8-17(21)12-15(19)11-16(13-22)20(24)23-18-7-5-4-6-14(18)2/h4-9,11-12H,3,10H2,1-2H3,(H,23,24)/b16-11+. The number of amides is 1. The molecule has 0 aromatic heterocycles. The van der Waals surface area contributed by atoms with Gasteiger partial charge < -0.3 is 10.1 Å². The van der Waals surface area contributed by atoms with Gasteiger partial charge in [-0.15, -0.1) is 0 Å². The van der Waals surface area contributed by atoms with Crippen molar-refractivity contribution in [2.24, 2.45) is 0 Å². The summed E-state index contributed by atoms with van der Waals surface area (Å²) < 4.78 is 5.66. The van der Waals surface area contributed by atoms with Crippen LogP contribution in [0.4, 0.5) is 5.69 Å². The highest BCUT2D eigenvalue weighted by Gasteiger charge is 2.12. The van der Waals surface area contributed by atoms with Gasteiger partial charge in [0.2, 0.25) is 0 Å². The maximum Gasteiger partial charge on any atom is 0.266 e. The molecule has 0 radical (unpaired) electrons. The van der Waals surface area contributed by atoms with Crippen molar-refractivity contribution in [3.05, 3.63) is 64.2 Å². The number of nitrogens with one attached hydrogen (secondary N) is 1. The Morgan fingerprint density at radius 1 is 1.32 bits per heavy atom. The van der Waals surface area contributed by atoms with Crippen LogP contribution in [0.15, 0.2) is 48.0 Å². The number of nitrogens with zero attached hydrogens (tertiary/aromatic N) is 1. The number of carbonyl (C=O) groups excluding carboxylic acids is 1. The molecule has 0 saturated carbocycles. The van der Waals surface area contributed by atoms with Crippen LogP contribution in [0.2, 0.25) is 5.02 Å². The van der Waals surface area contributed by atoms with Gasteiger partial charge in [0.25, 0.3) is 5.91 Å². The van der Waals surface area contributed by atoms with Gasteiger partial charge in [-0.05, 0) is 49.2 Å².